The Morgan fingerprint density at radius 2 is 1.84 bits per heavy atom. The topological polar surface area (TPSA) is 98.8 Å². The van der Waals surface area contributed by atoms with Crippen LogP contribution in [0.25, 0.3) is 10.6 Å². The second-order valence-corrected chi connectivity index (χ2v) is 8.25. The third-order valence-electron chi connectivity index (χ3n) is 4.18. The number of nitrogen functional groups attached to an aromatic ring is 1. The number of nitrogens with two attached hydrogens (primary N) is 1. The molecule has 0 saturated carbocycles. The van der Waals surface area contributed by atoms with Gasteiger partial charge in [0.2, 0.25) is 11.9 Å². The number of anilines is 3. The molecule has 0 aliphatic heterocycles. The number of rotatable bonds is 8. The van der Waals surface area contributed by atoms with E-state index in [0.29, 0.717) is 29.0 Å². The van der Waals surface area contributed by atoms with E-state index >= 15 is 0 Å². The maximum atomic E-state index is 13.1. The molecule has 4 aromatic rings. The number of nitrogens with one attached hydrogen (secondary N) is 1. The Balaban J connectivity index is 1.38. The number of para-hydroxylation sites is 2. The first-order valence-electron chi connectivity index (χ1n) is 9.29. The molecule has 158 valence electrons. The summed E-state index contributed by atoms with van der Waals surface area (Å²) in [7, 11) is 1.60. The van der Waals surface area contributed by atoms with E-state index in [0.717, 1.165) is 22.0 Å². The van der Waals surface area contributed by atoms with Gasteiger partial charge >= 0.3 is 0 Å². The Morgan fingerprint density at radius 3 is 2.65 bits per heavy atom. The summed E-state index contributed by atoms with van der Waals surface area (Å²) in [6.07, 6.45) is 0. The number of methoxy groups -OCH3 is 1. The van der Waals surface area contributed by atoms with Crippen LogP contribution < -0.4 is 15.8 Å². The largest absolute Gasteiger partial charge is 0.495 e. The maximum absolute atomic E-state index is 13.1. The third-order valence-corrected chi connectivity index (χ3v) is 6.08. The minimum Gasteiger partial charge on any atom is -0.495 e. The van der Waals surface area contributed by atoms with Gasteiger partial charge in [0, 0.05) is 16.7 Å². The number of aromatic nitrogens is 4. The van der Waals surface area contributed by atoms with Gasteiger partial charge in [-0.3, -0.25) is 0 Å². The van der Waals surface area contributed by atoms with Gasteiger partial charge in [0.05, 0.1) is 24.2 Å². The molecule has 2 aromatic heterocycles. The molecule has 0 aliphatic rings. The van der Waals surface area contributed by atoms with Crippen LogP contribution in [0.5, 0.6) is 5.75 Å². The molecule has 0 aliphatic carbocycles. The van der Waals surface area contributed by atoms with Gasteiger partial charge in [0.15, 0.2) is 0 Å². The molecule has 0 radical (unpaired) electrons. The van der Waals surface area contributed by atoms with Crippen molar-refractivity contribution in [3.63, 3.8) is 0 Å². The first kappa shape index (κ1) is 21.0. The van der Waals surface area contributed by atoms with Crippen LogP contribution >= 0.6 is 23.1 Å². The summed E-state index contributed by atoms with van der Waals surface area (Å²) < 4.78 is 18.4. The van der Waals surface area contributed by atoms with Crippen molar-refractivity contribution in [3.05, 3.63) is 71.2 Å². The summed E-state index contributed by atoms with van der Waals surface area (Å²) in [5, 5.41) is 5.99. The molecule has 7 nitrogen and oxygen atoms in total. The molecule has 4 rings (SSSR count). The van der Waals surface area contributed by atoms with Gasteiger partial charge in [0.1, 0.15) is 22.4 Å². The van der Waals surface area contributed by atoms with Gasteiger partial charge in [-0.1, -0.05) is 12.1 Å². The number of thioether (sulfide) groups is 1. The average Bonchev–Trinajstić information content (AvgIpc) is 3.23. The number of thiazole rings is 1. The highest BCUT2D eigenvalue weighted by atomic mass is 32.2. The molecule has 3 N–H and O–H groups in total. The summed E-state index contributed by atoms with van der Waals surface area (Å²) >= 11 is 3.16. The Hall–Kier alpha value is -3.24. The van der Waals surface area contributed by atoms with Gasteiger partial charge in [-0.2, -0.15) is 15.0 Å². The van der Waals surface area contributed by atoms with Crippen molar-refractivity contribution < 1.29 is 9.13 Å². The van der Waals surface area contributed by atoms with Crippen LogP contribution in [-0.4, -0.2) is 27.0 Å². The molecule has 10 heteroatoms. The highest BCUT2D eigenvalue weighted by Crippen LogP contribution is 2.28. The smallest absolute Gasteiger partial charge is 0.232 e. The molecule has 0 atom stereocenters. The zero-order valence-corrected chi connectivity index (χ0v) is 18.2. The van der Waals surface area contributed by atoms with E-state index in [1.165, 1.54) is 23.5 Å². The van der Waals surface area contributed by atoms with Crippen LogP contribution in [0, 0.1) is 5.82 Å². The van der Waals surface area contributed by atoms with Gasteiger partial charge in [-0.15, -0.1) is 23.1 Å². The number of hydrogen-bond donors (Lipinski definition) is 2. The number of ether oxygens (including phenoxy) is 1. The van der Waals surface area contributed by atoms with Crippen molar-refractivity contribution in [1.29, 1.82) is 0 Å². The van der Waals surface area contributed by atoms with Crippen molar-refractivity contribution in [2.75, 3.05) is 18.2 Å². The van der Waals surface area contributed by atoms with E-state index in [1.807, 2.05) is 29.6 Å². The Labute approximate surface area is 187 Å². The van der Waals surface area contributed by atoms with Crippen molar-refractivity contribution >= 4 is 40.7 Å². The second kappa shape index (κ2) is 9.71. The van der Waals surface area contributed by atoms with Crippen molar-refractivity contribution in [2.45, 2.75) is 11.5 Å². The van der Waals surface area contributed by atoms with Crippen molar-refractivity contribution in [3.8, 4) is 16.3 Å². The molecule has 0 saturated heterocycles. The minimum absolute atomic E-state index is 0.148. The molecule has 0 fully saturated rings. The molecule has 2 aromatic carbocycles. The molecule has 31 heavy (non-hydrogen) atoms. The third kappa shape index (κ3) is 5.47. The Bertz CT molecular complexity index is 1170. The summed E-state index contributed by atoms with van der Waals surface area (Å²) in [5.74, 6) is 2.75. The van der Waals surface area contributed by atoms with Gasteiger partial charge < -0.3 is 15.8 Å². The lowest BCUT2D eigenvalue weighted by atomic mass is 10.2. The molecule has 2 heterocycles. The van der Waals surface area contributed by atoms with Gasteiger partial charge in [-0.25, -0.2) is 9.37 Å². The number of nitrogens with zero attached hydrogens (tertiary/aromatic N) is 4. The zero-order valence-electron chi connectivity index (χ0n) is 16.6. The normalized spacial score (nSPS) is 10.8. The molecule has 0 spiro atoms. The van der Waals surface area contributed by atoms with Crippen LogP contribution in [0.4, 0.5) is 22.0 Å². The lowest BCUT2D eigenvalue weighted by Gasteiger charge is -2.10. The maximum Gasteiger partial charge on any atom is 0.232 e. The van der Waals surface area contributed by atoms with E-state index in [1.54, 1.807) is 31.0 Å². The van der Waals surface area contributed by atoms with E-state index in [2.05, 4.69) is 25.3 Å². The summed E-state index contributed by atoms with van der Waals surface area (Å²) in [5.41, 5.74) is 8.46. The first-order chi connectivity index (χ1) is 15.1. The van der Waals surface area contributed by atoms with Crippen LogP contribution in [0.1, 0.15) is 11.5 Å². The molecule has 0 unspecified atom stereocenters. The molecule has 0 bridgehead atoms. The number of halogens is 1. The molecular weight excluding hydrogens is 435 g/mol. The van der Waals surface area contributed by atoms with Crippen LogP contribution in [-0.2, 0) is 11.5 Å². The van der Waals surface area contributed by atoms with Crippen LogP contribution in [0.3, 0.4) is 0 Å². The van der Waals surface area contributed by atoms with E-state index in [-0.39, 0.29) is 11.8 Å². The van der Waals surface area contributed by atoms with E-state index in [9.17, 15) is 4.39 Å². The zero-order chi connectivity index (χ0) is 21.6. The first-order valence-corrected chi connectivity index (χ1v) is 11.3. The predicted molar refractivity (Wildman–Crippen MR) is 123 cm³/mol. The standard InChI is InChI=1S/C21H19FN6OS2/c1-29-17-5-3-2-4-16(17)25-21-27-18(26-20(23)28-21)12-30-10-15-11-31-19(24-15)13-6-8-14(22)9-7-13/h2-9,11H,10,12H2,1H3,(H3,23,25,26,27,28). The summed E-state index contributed by atoms with van der Waals surface area (Å²) in [6, 6.07) is 13.8. The lowest BCUT2D eigenvalue weighted by molar-refractivity contribution is 0.417. The lowest BCUT2D eigenvalue weighted by Crippen LogP contribution is -2.07. The monoisotopic (exact) mass is 454 g/mol. The van der Waals surface area contributed by atoms with Crippen molar-refractivity contribution in [2.24, 2.45) is 0 Å². The highest BCUT2D eigenvalue weighted by molar-refractivity contribution is 7.97. The van der Waals surface area contributed by atoms with Crippen LogP contribution in [0.15, 0.2) is 53.9 Å². The van der Waals surface area contributed by atoms with E-state index in [4.69, 9.17) is 10.5 Å². The minimum atomic E-state index is -0.257. The SMILES string of the molecule is COc1ccccc1Nc1nc(N)nc(CSCc2csc(-c3ccc(F)cc3)n2)n1. The van der Waals surface area contributed by atoms with Crippen LogP contribution in [0.2, 0.25) is 0 Å². The van der Waals surface area contributed by atoms with Gasteiger partial charge in [-0.05, 0) is 36.4 Å². The summed E-state index contributed by atoms with van der Waals surface area (Å²) in [4.78, 5) is 17.5. The second-order valence-electron chi connectivity index (χ2n) is 6.40. The fourth-order valence-electron chi connectivity index (χ4n) is 2.77. The number of benzene rings is 2. The molecule has 0 amide bonds. The highest BCUT2D eigenvalue weighted by Gasteiger charge is 2.10. The van der Waals surface area contributed by atoms with Gasteiger partial charge in [0.25, 0.3) is 0 Å². The van der Waals surface area contributed by atoms with Crippen molar-refractivity contribution in [1.82, 2.24) is 19.9 Å². The Morgan fingerprint density at radius 1 is 1.03 bits per heavy atom. The predicted octanol–water partition coefficient (Wildman–Crippen LogP) is 4.90. The quantitative estimate of drug-likeness (QED) is 0.388. The fraction of sp³-hybridized carbons (Fsp3) is 0.143. The number of hydrogen-bond acceptors (Lipinski definition) is 9. The fourth-order valence-corrected chi connectivity index (χ4v) is 4.47. The Kier molecular flexibility index (Phi) is 6.58. The summed E-state index contributed by atoms with van der Waals surface area (Å²) in [6.45, 7) is 0. The van der Waals surface area contributed by atoms with E-state index < -0.39 is 0 Å². The average molecular weight is 455 g/mol. The molecular formula is C21H19FN6OS2.